The first-order chi connectivity index (χ1) is 10.0. The lowest BCUT2D eigenvalue weighted by molar-refractivity contribution is -0.384. The number of aromatic nitrogens is 2. The molecule has 0 radical (unpaired) electrons. The molecule has 0 atom stereocenters. The number of hydrogen-bond donors (Lipinski definition) is 2. The van der Waals surface area contributed by atoms with Crippen molar-refractivity contribution in [3.63, 3.8) is 0 Å². The van der Waals surface area contributed by atoms with Crippen molar-refractivity contribution in [3.05, 3.63) is 34.0 Å². The van der Waals surface area contributed by atoms with Gasteiger partial charge in [-0.2, -0.15) is 0 Å². The van der Waals surface area contributed by atoms with Crippen LogP contribution in [0, 0.1) is 10.1 Å². The molecule has 10 heteroatoms. The second-order valence-corrected chi connectivity index (χ2v) is 3.96. The SMILES string of the molecule is COc1ccc(NC(=O)Cc2nonc2N)c([N+](=O)[O-])c1. The number of rotatable bonds is 5. The molecule has 1 aromatic carbocycles. The third-order valence-electron chi connectivity index (χ3n) is 2.59. The quantitative estimate of drug-likeness (QED) is 0.606. The van der Waals surface area contributed by atoms with E-state index < -0.39 is 10.8 Å². The normalized spacial score (nSPS) is 10.1. The zero-order valence-electron chi connectivity index (χ0n) is 10.9. The zero-order valence-corrected chi connectivity index (χ0v) is 10.9. The summed E-state index contributed by atoms with van der Waals surface area (Å²) in [7, 11) is 1.39. The molecule has 0 aliphatic carbocycles. The molecule has 0 aliphatic heterocycles. The lowest BCUT2D eigenvalue weighted by Gasteiger charge is -2.06. The number of nitrogens with two attached hydrogens (primary N) is 1. The number of nitrogen functional groups attached to an aromatic ring is 1. The summed E-state index contributed by atoms with van der Waals surface area (Å²) in [6, 6.07) is 4.08. The van der Waals surface area contributed by atoms with Gasteiger partial charge in [0.2, 0.25) is 5.91 Å². The molecule has 1 amide bonds. The van der Waals surface area contributed by atoms with E-state index in [4.69, 9.17) is 10.5 Å². The van der Waals surface area contributed by atoms with E-state index in [2.05, 4.69) is 20.3 Å². The highest BCUT2D eigenvalue weighted by Gasteiger charge is 2.19. The fourth-order valence-electron chi connectivity index (χ4n) is 1.58. The summed E-state index contributed by atoms with van der Waals surface area (Å²) in [6.07, 6.45) is -0.210. The van der Waals surface area contributed by atoms with E-state index in [1.54, 1.807) is 0 Å². The van der Waals surface area contributed by atoms with E-state index in [-0.39, 0.29) is 29.3 Å². The van der Waals surface area contributed by atoms with Gasteiger partial charge in [0.1, 0.15) is 17.1 Å². The minimum absolute atomic E-state index is 0.00520. The van der Waals surface area contributed by atoms with E-state index >= 15 is 0 Å². The molecule has 0 aliphatic rings. The minimum atomic E-state index is -0.621. The Morgan fingerprint density at radius 1 is 1.52 bits per heavy atom. The lowest BCUT2D eigenvalue weighted by atomic mass is 10.2. The topological polar surface area (TPSA) is 146 Å². The number of hydrogen-bond acceptors (Lipinski definition) is 8. The molecule has 0 saturated heterocycles. The van der Waals surface area contributed by atoms with Gasteiger partial charge in [0.25, 0.3) is 5.69 Å². The molecule has 3 N–H and O–H groups in total. The van der Waals surface area contributed by atoms with Gasteiger partial charge in [-0.15, -0.1) is 0 Å². The van der Waals surface area contributed by atoms with Gasteiger partial charge in [-0.25, -0.2) is 4.63 Å². The van der Waals surface area contributed by atoms with Gasteiger partial charge in [0, 0.05) is 0 Å². The largest absolute Gasteiger partial charge is 0.496 e. The van der Waals surface area contributed by atoms with Crippen LogP contribution in [0.3, 0.4) is 0 Å². The first-order valence-electron chi connectivity index (χ1n) is 5.70. The van der Waals surface area contributed by atoms with Crippen molar-refractivity contribution in [1.82, 2.24) is 10.3 Å². The maximum atomic E-state index is 11.8. The highest BCUT2D eigenvalue weighted by atomic mass is 16.6. The first-order valence-corrected chi connectivity index (χ1v) is 5.70. The van der Waals surface area contributed by atoms with Crippen molar-refractivity contribution < 1.29 is 19.1 Å². The second-order valence-electron chi connectivity index (χ2n) is 3.96. The molecule has 110 valence electrons. The minimum Gasteiger partial charge on any atom is -0.496 e. The maximum Gasteiger partial charge on any atom is 0.296 e. The molecule has 2 aromatic rings. The average Bonchev–Trinajstić information content (AvgIpc) is 2.84. The number of ether oxygens (including phenoxy) is 1. The number of nitro benzene ring substituents is 1. The Bertz CT molecular complexity index is 683. The van der Waals surface area contributed by atoms with Crippen LogP contribution >= 0.6 is 0 Å². The summed E-state index contributed by atoms with van der Waals surface area (Å²) < 4.78 is 9.26. The smallest absolute Gasteiger partial charge is 0.296 e. The van der Waals surface area contributed by atoms with Gasteiger partial charge in [0.05, 0.1) is 24.5 Å². The van der Waals surface area contributed by atoms with Crippen LogP contribution in [0.1, 0.15) is 5.69 Å². The van der Waals surface area contributed by atoms with Crippen molar-refractivity contribution in [2.24, 2.45) is 0 Å². The van der Waals surface area contributed by atoms with Crippen molar-refractivity contribution in [3.8, 4) is 5.75 Å². The van der Waals surface area contributed by atoms with Gasteiger partial charge in [-0.3, -0.25) is 14.9 Å². The fourth-order valence-corrected chi connectivity index (χ4v) is 1.58. The van der Waals surface area contributed by atoms with Crippen LogP contribution < -0.4 is 15.8 Å². The average molecular weight is 293 g/mol. The monoisotopic (exact) mass is 293 g/mol. The number of anilines is 2. The Balaban J connectivity index is 2.17. The van der Waals surface area contributed by atoms with Crippen LogP contribution in [0.5, 0.6) is 5.75 Å². The van der Waals surface area contributed by atoms with Crippen LogP contribution in [0.2, 0.25) is 0 Å². The fraction of sp³-hybridized carbons (Fsp3) is 0.182. The van der Waals surface area contributed by atoms with E-state index in [0.717, 1.165) is 0 Å². The number of nitrogens with zero attached hydrogens (tertiary/aromatic N) is 3. The van der Waals surface area contributed by atoms with Crippen LogP contribution in [0.4, 0.5) is 17.2 Å². The summed E-state index contributed by atoms with van der Waals surface area (Å²) in [6.45, 7) is 0. The Hall–Kier alpha value is -3.17. The summed E-state index contributed by atoms with van der Waals surface area (Å²) in [5.74, 6) is -0.232. The highest BCUT2D eigenvalue weighted by Crippen LogP contribution is 2.29. The van der Waals surface area contributed by atoms with E-state index in [0.29, 0.717) is 5.75 Å². The van der Waals surface area contributed by atoms with Gasteiger partial charge < -0.3 is 15.8 Å². The molecule has 21 heavy (non-hydrogen) atoms. The lowest BCUT2D eigenvalue weighted by Crippen LogP contribution is -2.16. The van der Waals surface area contributed by atoms with Gasteiger partial charge >= 0.3 is 0 Å². The number of carbonyl (C=O) groups excluding carboxylic acids is 1. The van der Waals surface area contributed by atoms with Gasteiger partial charge in [-0.05, 0) is 17.3 Å². The van der Waals surface area contributed by atoms with Crippen molar-refractivity contribution in [2.45, 2.75) is 6.42 Å². The molecule has 0 fully saturated rings. The van der Waals surface area contributed by atoms with E-state index in [9.17, 15) is 14.9 Å². The molecule has 10 nitrogen and oxygen atoms in total. The van der Waals surface area contributed by atoms with Crippen molar-refractivity contribution >= 4 is 23.1 Å². The molecular weight excluding hydrogens is 282 g/mol. The maximum absolute atomic E-state index is 11.8. The Morgan fingerprint density at radius 2 is 2.29 bits per heavy atom. The standard InChI is InChI=1S/C11H11N5O5/c1-20-6-2-3-7(9(4-6)16(18)19)13-10(17)5-8-11(12)15-21-14-8/h2-4H,5H2,1H3,(H2,12,15)(H,13,17). The van der Waals surface area contributed by atoms with Crippen LogP contribution in [-0.2, 0) is 11.2 Å². The number of benzene rings is 1. The molecule has 2 rings (SSSR count). The predicted octanol–water partition coefficient (Wildman–Crippen LogP) is 0.750. The summed E-state index contributed by atoms with van der Waals surface area (Å²) in [5, 5.41) is 20.2. The Morgan fingerprint density at radius 3 is 2.86 bits per heavy atom. The van der Waals surface area contributed by atoms with Crippen LogP contribution in [0.25, 0.3) is 0 Å². The van der Waals surface area contributed by atoms with Gasteiger partial charge in [0.15, 0.2) is 5.82 Å². The Labute approximate surface area is 118 Å². The molecule has 0 saturated carbocycles. The van der Waals surface area contributed by atoms with E-state index in [1.807, 2.05) is 0 Å². The third kappa shape index (κ3) is 3.23. The van der Waals surface area contributed by atoms with Crippen molar-refractivity contribution in [1.29, 1.82) is 0 Å². The number of amides is 1. The number of nitro groups is 1. The molecular formula is C11H11N5O5. The summed E-state index contributed by atoms with van der Waals surface area (Å²) in [5.41, 5.74) is 5.34. The van der Waals surface area contributed by atoms with Crippen LogP contribution in [0.15, 0.2) is 22.8 Å². The van der Waals surface area contributed by atoms with E-state index in [1.165, 1.54) is 25.3 Å². The molecule has 1 aromatic heterocycles. The third-order valence-corrected chi connectivity index (χ3v) is 2.59. The molecule has 1 heterocycles. The van der Waals surface area contributed by atoms with Crippen molar-refractivity contribution in [2.75, 3.05) is 18.2 Å². The molecule has 0 bridgehead atoms. The number of nitrogens with one attached hydrogen (secondary N) is 1. The second kappa shape index (κ2) is 5.86. The number of methoxy groups -OCH3 is 1. The molecule has 0 spiro atoms. The van der Waals surface area contributed by atoms with Crippen LogP contribution in [-0.4, -0.2) is 28.3 Å². The Kier molecular flexibility index (Phi) is 3.97. The summed E-state index contributed by atoms with van der Waals surface area (Å²) in [4.78, 5) is 22.2. The van der Waals surface area contributed by atoms with Gasteiger partial charge in [-0.1, -0.05) is 5.16 Å². The number of carbonyl (C=O) groups is 1. The molecule has 0 unspecified atom stereocenters. The highest BCUT2D eigenvalue weighted by molar-refractivity contribution is 5.94. The predicted molar refractivity (Wildman–Crippen MR) is 70.7 cm³/mol. The zero-order chi connectivity index (χ0) is 15.4. The first kappa shape index (κ1) is 14.2. The summed E-state index contributed by atoms with van der Waals surface area (Å²) >= 11 is 0.